The van der Waals surface area contributed by atoms with Gasteiger partial charge in [-0.05, 0) is 36.2 Å². The number of benzene rings is 2. The Hall–Kier alpha value is -2.18. The summed E-state index contributed by atoms with van der Waals surface area (Å²) in [5.41, 5.74) is 1.65. The molecule has 3 N–H and O–H groups in total. The molecule has 0 aliphatic carbocycles. The number of amides is 2. The van der Waals surface area contributed by atoms with E-state index in [-0.39, 0.29) is 18.7 Å². The fourth-order valence-electron chi connectivity index (χ4n) is 2.14. The molecule has 0 spiro atoms. The van der Waals surface area contributed by atoms with Gasteiger partial charge in [0.2, 0.25) is 0 Å². The van der Waals surface area contributed by atoms with E-state index in [0.717, 1.165) is 5.56 Å². The first kappa shape index (κ1) is 17.2. The molecule has 2 atom stereocenters. The Morgan fingerprint density at radius 3 is 2.35 bits per heavy atom. The molecule has 0 saturated heterocycles. The SMILES string of the molecule is C[S@](=O)c1ccc(NC(=O)N[C@@H](CO)Cc2ccccc2)cc1. The van der Waals surface area contributed by atoms with E-state index in [4.69, 9.17) is 0 Å². The lowest BCUT2D eigenvalue weighted by molar-refractivity contribution is 0.224. The fraction of sp³-hybridized carbons (Fsp3) is 0.235. The maximum atomic E-state index is 12.0. The van der Waals surface area contributed by atoms with Crippen molar-refractivity contribution in [1.29, 1.82) is 0 Å². The minimum absolute atomic E-state index is 0.143. The van der Waals surface area contributed by atoms with Crippen LogP contribution in [0.2, 0.25) is 0 Å². The molecule has 0 aromatic heterocycles. The maximum absolute atomic E-state index is 12.0. The Morgan fingerprint density at radius 2 is 1.78 bits per heavy atom. The Balaban J connectivity index is 1.90. The number of aliphatic hydroxyl groups excluding tert-OH is 1. The lowest BCUT2D eigenvalue weighted by Crippen LogP contribution is -2.41. The van der Waals surface area contributed by atoms with Crippen molar-refractivity contribution in [3.63, 3.8) is 0 Å². The third-order valence-electron chi connectivity index (χ3n) is 3.32. The summed E-state index contributed by atoms with van der Waals surface area (Å²) < 4.78 is 11.3. The van der Waals surface area contributed by atoms with Gasteiger partial charge in [0.25, 0.3) is 0 Å². The molecule has 6 heteroatoms. The predicted molar refractivity (Wildman–Crippen MR) is 91.9 cm³/mol. The molecule has 2 aromatic carbocycles. The van der Waals surface area contributed by atoms with Crippen molar-refractivity contribution < 1.29 is 14.1 Å². The summed E-state index contributed by atoms with van der Waals surface area (Å²) in [4.78, 5) is 12.7. The summed E-state index contributed by atoms with van der Waals surface area (Å²) >= 11 is 0. The van der Waals surface area contributed by atoms with Crippen LogP contribution in [0.3, 0.4) is 0 Å². The maximum Gasteiger partial charge on any atom is 0.319 e. The normalized spacial score (nSPS) is 13.1. The van der Waals surface area contributed by atoms with E-state index in [1.807, 2.05) is 30.3 Å². The molecule has 0 radical (unpaired) electrons. The zero-order chi connectivity index (χ0) is 16.7. The lowest BCUT2D eigenvalue weighted by atomic mass is 10.1. The molecule has 0 aliphatic heterocycles. The zero-order valence-electron chi connectivity index (χ0n) is 12.9. The first-order valence-corrected chi connectivity index (χ1v) is 8.80. The average Bonchev–Trinajstić information content (AvgIpc) is 2.55. The van der Waals surface area contributed by atoms with Crippen LogP contribution in [0.15, 0.2) is 59.5 Å². The van der Waals surface area contributed by atoms with Gasteiger partial charge in [-0.25, -0.2) is 4.79 Å². The van der Waals surface area contributed by atoms with Gasteiger partial charge in [0.1, 0.15) is 0 Å². The van der Waals surface area contributed by atoms with Crippen LogP contribution in [0.1, 0.15) is 5.56 Å². The van der Waals surface area contributed by atoms with Gasteiger partial charge in [0, 0.05) is 27.6 Å². The standard InChI is InChI=1S/C17H20N2O3S/c1-23(22)16-9-7-14(8-10-16)18-17(21)19-15(12-20)11-13-5-3-2-4-6-13/h2-10,15,20H,11-12H2,1H3,(H2,18,19,21)/t15-,23+/m1/s1. The van der Waals surface area contributed by atoms with Crippen molar-refractivity contribution in [3.05, 3.63) is 60.2 Å². The van der Waals surface area contributed by atoms with Gasteiger partial charge in [-0.2, -0.15) is 0 Å². The van der Waals surface area contributed by atoms with E-state index in [1.54, 1.807) is 30.5 Å². The number of urea groups is 1. The number of aliphatic hydroxyl groups is 1. The van der Waals surface area contributed by atoms with Crippen molar-refractivity contribution >= 4 is 22.5 Å². The zero-order valence-corrected chi connectivity index (χ0v) is 13.7. The molecule has 5 nitrogen and oxygen atoms in total. The Bertz CT molecular complexity index is 659. The molecule has 23 heavy (non-hydrogen) atoms. The molecule has 0 heterocycles. The van der Waals surface area contributed by atoms with Crippen LogP contribution in [0.5, 0.6) is 0 Å². The minimum atomic E-state index is -1.04. The van der Waals surface area contributed by atoms with E-state index in [1.165, 1.54) is 0 Å². The van der Waals surface area contributed by atoms with Crippen molar-refractivity contribution in [2.24, 2.45) is 0 Å². The molecule has 2 amide bonds. The quantitative estimate of drug-likeness (QED) is 0.758. The molecular formula is C17H20N2O3S. The number of hydrogen-bond donors (Lipinski definition) is 3. The third-order valence-corrected chi connectivity index (χ3v) is 4.26. The van der Waals surface area contributed by atoms with E-state index < -0.39 is 10.8 Å². The van der Waals surface area contributed by atoms with Crippen LogP contribution in [-0.2, 0) is 17.2 Å². The number of rotatable bonds is 6. The molecule has 0 fully saturated rings. The van der Waals surface area contributed by atoms with Crippen molar-refractivity contribution in [2.75, 3.05) is 18.2 Å². The monoisotopic (exact) mass is 332 g/mol. The highest BCUT2D eigenvalue weighted by Crippen LogP contribution is 2.12. The van der Waals surface area contributed by atoms with Gasteiger partial charge >= 0.3 is 6.03 Å². The van der Waals surface area contributed by atoms with Crippen molar-refractivity contribution in [3.8, 4) is 0 Å². The molecule has 0 saturated carbocycles. The van der Waals surface area contributed by atoms with Gasteiger partial charge < -0.3 is 15.7 Å². The fourth-order valence-corrected chi connectivity index (χ4v) is 2.66. The lowest BCUT2D eigenvalue weighted by Gasteiger charge is -2.17. The molecule has 0 bridgehead atoms. The highest BCUT2D eigenvalue weighted by Gasteiger charge is 2.12. The van der Waals surface area contributed by atoms with Crippen LogP contribution >= 0.6 is 0 Å². The molecular weight excluding hydrogens is 312 g/mol. The summed E-state index contributed by atoms with van der Waals surface area (Å²) in [5, 5.41) is 14.9. The van der Waals surface area contributed by atoms with Gasteiger partial charge in [0.15, 0.2) is 0 Å². The third kappa shape index (κ3) is 5.50. The summed E-state index contributed by atoms with van der Waals surface area (Å²) in [7, 11) is -1.04. The Labute approximate surface area is 138 Å². The Morgan fingerprint density at radius 1 is 1.13 bits per heavy atom. The largest absolute Gasteiger partial charge is 0.394 e. The van der Waals surface area contributed by atoms with Crippen molar-refractivity contribution in [1.82, 2.24) is 5.32 Å². The van der Waals surface area contributed by atoms with E-state index in [2.05, 4.69) is 10.6 Å². The molecule has 122 valence electrons. The summed E-state index contributed by atoms with van der Waals surface area (Å²) in [6.45, 7) is -0.143. The minimum Gasteiger partial charge on any atom is -0.394 e. The second-order valence-corrected chi connectivity index (χ2v) is 6.53. The van der Waals surface area contributed by atoms with Gasteiger partial charge in [-0.3, -0.25) is 4.21 Å². The van der Waals surface area contributed by atoms with Crippen LogP contribution < -0.4 is 10.6 Å². The molecule has 2 aromatic rings. The smallest absolute Gasteiger partial charge is 0.319 e. The number of carbonyl (C=O) groups is 1. The van der Waals surface area contributed by atoms with E-state index in [9.17, 15) is 14.1 Å². The van der Waals surface area contributed by atoms with Gasteiger partial charge in [0.05, 0.1) is 12.6 Å². The summed E-state index contributed by atoms with van der Waals surface area (Å²) in [6.07, 6.45) is 2.16. The summed E-state index contributed by atoms with van der Waals surface area (Å²) in [6, 6.07) is 15.7. The second-order valence-electron chi connectivity index (χ2n) is 5.15. The highest BCUT2D eigenvalue weighted by atomic mass is 32.2. The number of anilines is 1. The first-order chi connectivity index (χ1) is 11.1. The van der Waals surface area contributed by atoms with Crippen LogP contribution in [0.25, 0.3) is 0 Å². The number of nitrogens with one attached hydrogen (secondary N) is 2. The first-order valence-electron chi connectivity index (χ1n) is 7.24. The van der Waals surface area contributed by atoms with Crippen LogP contribution in [0, 0.1) is 0 Å². The van der Waals surface area contributed by atoms with Crippen molar-refractivity contribution in [2.45, 2.75) is 17.4 Å². The average molecular weight is 332 g/mol. The summed E-state index contributed by atoms with van der Waals surface area (Å²) in [5.74, 6) is 0. The van der Waals surface area contributed by atoms with E-state index >= 15 is 0 Å². The van der Waals surface area contributed by atoms with Crippen LogP contribution in [-0.4, -0.2) is 34.3 Å². The van der Waals surface area contributed by atoms with E-state index in [0.29, 0.717) is 17.0 Å². The van der Waals surface area contributed by atoms with Gasteiger partial charge in [-0.1, -0.05) is 30.3 Å². The Kier molecular flexibility index (Phi) is 6.31. The molecule has 0 aliphatic rings. The number of hydrogen-bond acceptors (Lipinski definition) is 3. The molecule has 0 unspecified atom stereocenters. The highest BCUT2D eigenvalue weighted by molar-refractivity contribution is 7.84. The second kappa shape index (κ2) is 8.45. The van der Waals surface area contributed by atoms with Crippen LogP contribution in [0.4, 0.5) is 10.5 Å². The topological polar surface area (TPSA) is 78.4 Å². The van der Waals surface area contributed by atoms with Gasteiger partial charge in [-0.15, -0.1) is 0 Å². The number of carbonyl (C=O) groups excluding carboxylic acids is 1. The predicted octanol–water partition coefficient (Wildman–Crippen LogP) is 2.15. The molecule has 2 rings (SSSR count).